The van der Waals surface area contributed by atoms with Gasteiger partial charge in [-0.3, -0.25) is 14.7 Å². The molecule has 0 aliphatic carbocycles. The number of hydrogen-bond donors (Lipinski definition) is 2. The Labute approximate surface area is 134 Å². The van der Waals surface area contributed by atoms with Crippen LogP contribution in [0.15, 0.2) is 24.5 Å². The molecule has 1 aromatic rings. The quantitative estimate of drug-likeness (QED) is 0.894. The molecule has 1 amide bonds. The van der Waals surface area contributed by atoms with Gasteiger partial charge in [-0.1, -0.05) is 19.9 Å². The van der Waals surface area contributed by atoms with Crippen molar-refractivity contribution in [2.45, 2.75) is 52.7 Å². The summed E-state index contributed by atoms with van der Waals surface area (Å²) < 4.78 is 0. The van der Waals surface area contributed by atoms with Crippen LogP contribution in [0.4, 0.5) is 0 Å². The van der Waals surface area contributed by atoms with Crippen LogP contribution in [0.25, 0.3) is 0 Å². The molecule has 5 nitrogen and oxygen atoms in total. The first-order chi connectivity index (χ1) is 10.4. The van der Waals surface area contributed by atoms with Crippen molar-refractivity contribution in [1.82, 2.24) is 20.5 Å². The largest absolute Gasteiger partial charge is 0.350 e. The van der Waals surface area contributed by atoms with Gasteiger partial charge in [0.1, 0.15) is 0 Å². The molecule has 1 aliphatic heterocycles. The molecule has 5 heteroatoms. The van der Waals surface area contributed by atoms with Crippen LogP contribution in [0.3, 0.4) is 0 Å². The van der Waals surface area contributed by atoms with E-state index in [1.807, 2.05) is 46.9 Å². The number of carbonyl (C=O) groups is 1. The first kappa shape index (κ1) is 18.6. The van der Waals surface area contributed by atoms with Crippen molar-refractivity contribution in [2.75, 3.05) is 19.6 Å². The smallest absolute Gasteiger partial charge is 0.238 e. The van der Waals surface area contributed by atoms with E-state index in [-0.39, 0.29) is 17.5 Å². The van der Waals surface area contributed by atoms with Gasteiger partial charge >= 0.3 is 0 Å². The van der Waals surface area contributed by atoms with Crippen LogP contribution < -0.4 is 10.6 Å². The van der Waals surface area contributed by atoms with Gasteiger partial charge in [-0.2, -0.15) is 0 Å². The monoisotopic (exact) mass is 306 g/mol. The fourth-order valence-corrected chi connectivity index (χ4v) is 2.34. The molecule has 0 aromatic carbocycles. The van der Waals surface area contributed by atoms with Gasteiger partial charge in [-0.15, -0.1) is 0 Å². The van der Waals surface area contributed by atoms with Crippen LogP contribution in [0.5, 0.6) is 0 Å². The van der Waals surface area contributed by atoms with E-state index in [0.717, 1.165) is 26.2 Å². The number of amides is 1. The van der Waals surface area contributed by atoms with Crippen LogP contribution >= 0.6 is 0 Å². The Morgan fingerprint density at radius 2 is 2.18 bits per heavy atom. The fraction of sp³-hybridized carbons (Fsp3) is 0.647. The minimum Gasteiger partial charge on any atom is -0.350 e. The minimum atomic E-state index is -0.190. The summed E-state index contributed by atoms with van der Waals surface area (Å²) in [5.74, 6) is 0.0772. The molecule has 0 saturated carbocycles. The molecule has 1 fully saturated rings. The Balaban J connectivity index is 0.00000116. The van der Waals surface area contributed by atoms with Crippen molar-refractivity contribution in [3.63, 3.8) is 0 Å². The lowest BCUT2D eigenvalue weighted by Crippen LogP contribution is -2.59. The maximum atomic E-state index is 12.2. The molecule has 2 N–H and O–H groups in total. The molecular weight excluding hydrogens is 276 g/mol. The molecule has 1 unspecified atom stereocenters. The van der Waals surface area contributed by atoms with Crippen molar-refractivity contribution in [3.8, 4) is 0 Å². The van der Waals surface area contributed by atoms with Crippen molar-refractivity contribution in [3.05, 3.63) is 30.1 Å². The number of aromatic nitrogens is 1. The van der Waals surface area contributed by atoms with Gasteiger partial charge in [-0.25, -0.2) is 0 Å². The zero-order chi connectivity index (χ0) is 16.6. The Hall–Kier alpha value is -1.46. The molecule has 2 rings (SSSR count). The van der Waals surface area contributed by atoms with Gasteiger partial charge in [0.05, 0.1) is 6.04 Å². The predicted octanol–water partition coefficient (Wildman–Crippen LogP) is 1.80. The molecule has 1 atom stereocenters. The average Bonchev–Trinajstić information content (AvgIpc) is 2.49. The highest BCUT2D eigenvalue weighted by Gasteiger charge is 2.27. The zero-order valence-electron chi connectivity index (χ0n) is 14.5. The summed E-state index contributed by atoms with van der Waals surface area (Å²) in [6, 6.07) is 3.88. The van der Waals surface area contributed by atoms with E-state index in [4.69, 9.17) is 0 Å². The Morgan fingerprint density at radius 1 is 1.45 bits per heavy atom. The van der Waals surface area contributed by atoms with E-state index >= 15 is 0 Å². The number of pyridine rings is 1. The van der Waals surface area contributed by atoms with Crippen LogP contribution in [0.2, 0.25) is 0 Å². The van der Waals surface area contributed by atoms with Crippen LogP contribution in [-0.2, 0) is 11.3 Å². The third kappa shape index (κ3) is 6.54. The molecule has 1 saturated heterocycles. The minimum absolute atomic E-state index is 0.0772. The topological polar surface area (TPSA) is 57.3 Å². The standard InChI is InChI=1S/C15H24N4O.C2H6/c1-15(2,3)18-14(20)13-11-19(8-7-17-13)10-12-5-4-6-16-9-12;1-2/h4-6,9,13,17H,7-8,10-11H2,1-3H3,(H,18,20);1-2H3. The van der Waals surface area contributed by atoms with Gasteiger partial charge in [0, 0.05) is 44.1 Å². The van der Waals surface area contributed by atoms with Gasteiger partial charge in [0.2, 0.25) is 5.91 Å². The van der Waals surface area contributed by atoms with Crippen molar-refractivity contribution >= 4 is 5.91 Å². The second-order valence-electron chi connectivity index (χ2n) is 6.34. The Kier molecular flexibility index (Phi) is 7.48. The van der Waals surface area contributed by atoms with Crippen LogP contribution in [0, 0.1) is 0 Å². The summed E-state index contributed by atoms with van der Waals surface area (Å²) in [7, 11) is 0. The third-order valence-electron chi connectivity index (χ3n) is 3.20. The second-order valence-corrected chi connectivity index (χ2v) is 6.34. The van der Waals surface area contributed by atoms with E-state index in [2.05, 4.69) is 26.6 Å². The Bertz CT molecular complexity index is 442. The highest BCUT2D eigenvalue weighted by Crippen LogP contribution is 2.08. The van der Waals surface area contributed by atoms with Crippen molar-refractivity contribution < 1.29 is 4.79 Å². The highest BCUT2D eigenvalue weighted by molar-refractivity contribution is 5.82. The van der Waals surface area contributed by atoms with E-state index < -0.39 is 0 Å². The van der Waals surface area contributed by atoms with E-state index in [1.54, 1.807) is 6.20 Å². The molecular formula is C17H30N4O. The molecule has 0 bridgehead atoms. The number of nitrogens with one attached hydrogen (secondary N) is 2. The summed E-state index contributed by atoms with van der Waals surface area (Å²) >= 11 is 0. The van der Waals surface area contributed by atoms with Crippen LogP contribution in [-0.4, -0.2) is 47.0 Å². The number of rotatable bonds is 3. The molecule has 1 aliphatic rings. The molecule has 0 spiro atoms. The van der Waals surface area contributed by atoms with Gasteiger partial charge in [0.15, 0.2) is 0 Å². The zero-order valence-corrected chi connectivity index (χ0v) is 14.5. The SMILES string of the molecule is CC.CC(C)(C)NC(=O)C1CN(Cc2cccnc2)CCN1. The fourth-order valence-electron chi connectivity index (χ4n) is 2.34. The summed E-state index contributed by atoms with van der Waals surface area (Å²) in [5.41, 5.74) is 0.995. The number of nitrogens with zero attached hydrogens (tertiary/aromatic N) is 2. The van der Waals surface area contributed by atoms with Crippen molar-refractivity contribution in [2.24, 2.45) is 0 Å². The van der Waals surface area contributed by atoms with Gasteiger partial charge < -0.3 is 10.6 Å². The average molecular weight is 306 g/mol. The third-order valence-corrected chi connectivity index (χ3v) is 3.20. The second kappa shape index (κ2) is 8.86. The predicted molar refractivity (Wildman–Crippen MR) is 90.5 cm³/mol. The van der Waals surface area contributed by atoms with Crippen molar-refractivity contribution in [1.29, 1.82) is 0 Å². The molecule has 2 heterocycles. The first-order valence-electron chi connectivity index (χ1n) is 8.11. The Morgan fingerprint density at radius 3 is 2.77 bits per heavy atom. The summed E-state index contributed by atoms with van der Waals surface area (Å²) in [6.07, 6.45) is 3.66. The van der Waals surface area contributed by atoms with E-state index in [9.17, 15) is 4.79 Å². The maximum Gasteiger partial charge on any atom is 0.238 e. The molecule has 0 radical (unpaired) electrons. The summed E-state index contributed by atoms with van der Waals surface area (Å²) in [5, 5.41) is 6.32. The van der Waals surface area contributed by atoms with Gasteiger partial charge in [0.25, 0.3) is 0 Å². The highest BCUT2D eigenvalue weighted by atomic mass is 16.2. The lowest BCUT2D eigenvalue weighted by molar-refractivity contribution is -0.125. The van der Waals surface area contributed by atoms with E-state index in [1.165, 1.54) is 5.56 Å². The normalized spacial score (nSPS) is 19.0. The maximum absolute atomic E-state index is 12.2. The number of hydrogen-bond acceptors (Lipinski definition) is 4. The molecule has 124 valence electrons. The van der Waals surface area contributed by atoms with Crippen LogP contribution in [0.1, 0.15) is 40.2 Å². The molecule has 1 aromatic heterocycles. The van der Waals surface area contributed by atoms with E-state index in [0.29, 0.717) is 0 Å². The lowest BCUT2D eigenvalue weighted by Gasteiger charge is -2.34. The number of piperazine rings is 1. The summed E-state index contributed by atoms with van der Waals surface area (Å²) in [6.45, 7) is 13.4. The number of carbonyl (C=O) groups excluding carboxylic acids is 1. The first-order valence-corrected chi connectivity index (χ1v) is 8.11. The van der Waals surface area contributed by atoms with Gasteiger partial charge in [-0.05, 0) is 32.4 Å². The molecule has 22 heavy (non-hydrogen) atoms. The lowest BCUT2D eigenvalue weighted by atomic mass is 10.1. The summed E-state index contributed by atoms with van der Waals surface area (Å²) in [4.78, 5) is 18.6.